The summed E-state index contributed by atoms with van der Waals surface area (Å²) in [6.45, 7) is 1.61. The summed E-state index contributed by atoms with van der Waals surface area (Å²) in [6, 6.07) is 15.5. The van der Waals surface area contributed by atoms with Crippen molar-refractivity contribution in [1.82, 2.24) is 0 Å². The molecular weight excluding hydrogens is 434 g/mol. The highest BCUT2D eigenvalue weighted by Crippen LogP contribution is 2.34. The maximum Gasteiger partial charge on any atom is 0.341 e. The minimum absolute atomic E-state index is 0.336. The van der Waals surface area contributed by atoms with Gasteiger partial charge in [-0.15, -0.1) is 0 Å². The van der Waals surface area contributed by atoms with Crippen molar-refractivity contribution in [3.63, 3.8) is 0 Å². The molecule has 3 unspecified atom stereocenters. The summed E-state index contributed by atoms with van der Waals surface area (Å²) in [6.07, 6.45) is 6.76. The van der Waals surface area contributed by atoms with Crippen LogP contribution >= 0.6 is 0 Å². The third-order valence-electron chi connectivity index (χ3n) is 6.06. The number of carboxylic acids is 1. The highest BCUT2D eigenvalue weighted by atomic mass is 16.6. The zero-order valence-corrected chi connectivity index (χ0v) is 19.1. The number of hydrogen-bond acceptors (Lipinski definition) is 6. The Morgan fingerprint density at radius 3 is 2.79 bits per heavy atom. The average Bonchev–Trinajstić information content (AvgIpc) is 2.84. The first kappa shape index (κ1) is 23.6. The fraction of sp³-hybridized carbons (Fsp3) is 0.333. The van der Waals surface area contributed by atoms with E-state index in [1.54, 1.807) is 12.2 Å². The monoisotopic (exact) mass is 463 g/mol. The van der Waals surface area contributed by atoms with E-state index >= 15 is 0 Å². The Morgan fingerprint density at radius 2 is 2.03 bits per heavy atom. The van der Waals surface area contributed by atoms with Gasteiger partial charge in [0.2, 0.25) is 6.29 Å². The van der Waals surface area contributed by atoms with Crippen LogP contribution in [0.25, 0.3) is 0 Å². The van der Waals surface area contributed by atoms with E-state index in [4.69, 9.17) is 19.4 Å². The van der Waals surface area contributed by atoms with Crippen LogP contribution in [0.15, 0.2) is 77.7 Å². The first-order chi connectivity index (χ1) is 16.5. The number of allylic oxidation sites excluding steroid dienone is 2. The molecule has 1 heterocycles. The van der Waals surface area contributed by atoms with Crippen LogP contribution in [0.5, 0.6) is 5.75 Å². The minimum Gasteiger partial charge on any atom is -0.482 e. The standard InChI is InChI=1S/C27H29NO6/c1-18(15-19-12-13-22-21(16-19)9-5-11-24(22)33-17-25(29)30)28-34-26(20-7-3-2-4-8-20)23-10-6-14-32-27(23)31/h2-11,14,19,26-27,31H,12-13,15-17H2,1H3,(H,29,30)/b28-18+. The first-order valence-electron chi connectivity index (χ1n) is 11.4. The zero-order valence-electron chi connectivity index (χ0n) is 19.1. The number of ether oxygens (including phenoxy) is 2. The lowest BCUT2D eigenvalue weighted by molar-refractivity contribution is -0.139. The Kier molecular flexibility index (Phi) is 7.65. The number of aliphatic carboxylic acids is 1. The summed E-state index contributed by atoms with van der Waals surface area (Å²) in [5.41, 5.74) is 4.63. The summed E-state index contributed by atoms with van der Waals surface area (Å²) < 4.78 is 10.7. The SMILES string of the molecule is C/C(CC1CCc2c(cccc2OCC(=O)O)C1)=N\OC(C1=CC=COC1O)c1ccccc1. The van der Waals surface area contributed by atoms with Crippen LogP contribution in [-0.2, 0) is 27.2 Å². The van der Waals surface area contributed by atoms with Gasteiger partial charge in [0.25, 0.3) is 0 Å². The van der Waals surface area contributed by atoms with E-state index in [0.29, 0.717) is 17.2 Å². The van der Waals surface area contributed by atoms with Crippen LogP contribution in [0.4, 0.5) is 0 Å². The number of benzene rings is 2. The van der Waals surface area contributed by atoms with Gasteiger partial charge in [-0.3, -0.25) is 0 Å². The van der Waals surface area contributed by atoms with Gasteiger partial charge in [-0.2, -0.15) is 0 Å². The molecule has 34 heavy (non-hydrogen) atoms. The van der Waals surface area contributed by atoms with Crippen LogP contribution < -0.4 is 4.74 Å². The number of fused-ring (bicyclic) bond motifs is 1. The molecular formula is C27H29NO6. The molecule has 7 nitrogen and oxygen atoms in total. The summed E-state index contributed by atoms with van der Waals surface area (Å²) in [5.74, 6) is 0.0786. The van der Waals surface area contributed by atoms with E-state index in [1.165, 1.54) is 11.8 Å². The van der Waals surface area contributed by atoms with Crippen molar-refractivity contribution in [3.05, 3.63) is 89.2 Å². The maximum absolute atomic E-state index is 10.9. The van der Waals surface area contributed by atoms with E-state index in [-0.39, 0.29) is 6.61 Å². The van der Waals surface area contributed by atoms with Crippen molar-refractivity contribution >= 4 is 11.7 Å². The minimum atomic E-state index is -1.09. The second-order valence-corrected chi connectivity index (χ2v) is 8.60. The van der Waals surface area contributed by atoms with E-state index in [0.717, 1.165) is 42.5 Å². The number of aliphatic hydroxyl groups excluding tert-OH is 1. The molecule has 2 N–H and O–H groups in total. The number of carboxylic acid groups (broad SMARTS) is 1. The van der Waals surface area contributed by atoms with Gasteiger partial charge < -0.3 is 24.5 Å². The maximum atomic E-state index is 10.9. The molecule has 0 amide bonds. The molecule has 0 spiro atoms. The summed E-state index contributed by atoms with van der Waals surface area (Å²) in [7, 11) is 0. The summed E-state index contributed by atoms with van der Waals surface area (Å²) in [5, 5.41) is 23.6. The van der Waals surface area contributed by atoms with Crippen molar-refractivity contribution in [2.24, 2.45) is 11.1 Å². The molecule has 4 rings (SSSR count). The quantitative estimate of drug-likeness (QED) is 0.418. The Hall–Kier alpha value is -3.58. The molecule has 0 saturated carbocycles. The lowest BCUT2D eigenvalue weighted by atomic mass is 9.81. The smallest absolute Gasteiger partial charge is 0.341 e. The number of nitrogens with zero attached hydrogens (tertiary/aromatic N) is 1. The molecule has 0 radical (unpaired) electrons. The number of carbonyl (C=O) groups is 1. The van der Waals surface area contributed by atoms with E-state index in [9.17, 15) is 9.90 Å². The van der Waals surface area contributed by atoms with Gasteiger partial charge >= 0.3 is 5.97 Å². The molecule has 1 aliphatic carbocycles. The molecule has 178 valence electrons. The van der Waals surface area contributed by atoms with Gasteiger partial charge in [0.1, 0.15) is 5.75 Å². The zero-order chi connectivity index (χ0) is 23.9. The molecule has 0 aromatic heterocycles. The van der Waals surface area contributed by atoms with Crippen LogP contribution in [-0.4, -0.2) is 34.8 Å². The Morgan fingerprint density at radius 1 is 1.21 bits per heavy atom. The fourth-order valence-electron chi connectivity index (χ4n) is 4.48. The van der Waals surface area contributed by atoms with Gasteiger partial charge in [-0.25, -0.2) is 4.79 Å². The molecule has 0 bridgehead atoms. The van der Waals surface area contributed by atoms with Crippen LogP contribution in [0.3, 0.4) is 0 Å². The number of oxime groups is 1. The molecule has 0 saturated heterocycles. The number of rotatable bonds is 9. The third kappa shape index (κ3) is 5.85. The highest BCUT2D eigenvalue weighted by molar-refractivity contribution is 5.81. The van der Waals surface area contributed by atoms with Gasteiger partial charge in [0, 0.05) is 5.57 Å². The average molecular weight is 464 g/mol. The molecule has 0 fully saturated rings. The second kappa shape index (κ2) is 11.0. The number of hydrogen-bond donors (Lipinski definition) is 2. The largest absolute Gasteiger partial charge is 0.482 e. The highest BCUT2D eigenvalue weighted by Gasteiger charge is 2.27. The van der Waals surface area contributed by atoms with E-state index in [2.05, 4.69) is 11.2 Å². The Bertz CT molecular complexity index is 1090. The molecule has 2 aromatic carbocycles. The van der Waals surface area contributed by atoms with Crippen LogP contribution in [0.2, 0.25) is 0 Å². The van der Waals surface area contributed by atoms with Crippen molar-refractivity contribution in [3.8, 4) is 5.75 Å². The molecule has 2 aromatic rings. The van der Waals surface area contributed by atoms with Crippen molar-refractivity contribution in [1.29, 1.82) is 0 Å². The van der Waals surface area contributed by atoms with Gasteiger partial charge in [0.15, 0.2) is 12.7 Å². The lowest BCUT2D eigenvalue weighted by Gasteiger charge is -2.27. The molecule has 1 aliphatic heterocycles. The first-order valence-corrected chi connectivity index (χ1v) is 11.4. The van der Waals surface area contributed by atoms with Gasteiger partial charge in [-0.05, 0) is 73.4 Å². The van der Waals surface area contributed by atoms with Crippen molar-refractivity contribution < 1.29 is 29.3 Å². The summed E-state index contributed by atoms with van der Waals surface area (Å²) >= 11 is 0. The summed E-state index contributed by atoms with van der Waals surface area (Å²) in [4.78, 5) is 16.8. The Labute approximate surface area is 199 Å². The topological polar surface area (TPSA) is 97.6 Å². The second-order valence-electron chi connectivity index (χ2n) is 8.60. The Balaban J connectivity index is 1.43. The van der Waals surface area contributed by atoms with E-state index in [1.807, 2.05) is 49.4 Å². The molecule has 2 aliphatic rings. The predicted octanol–water partition coefficient (Wildman–Crippen LogP) is 4.57. The van der Waals surface area contributed by atoms with Crippen molar-refractivity contribution in [2.75, 3.05) is 6.61 Å². The molecule has 3 atom stereocenters. The van der Waals surface area contributed by atoms with Crippen LogP contribution in [0.1, 0.15) is 42.6 Å². The fourth-order valence-corrected chi connectivity index (χ4v) is 4.48. The molecule has 7 heteroatoms. The van der Waals surface area contributed by atoms with Gasteiger partial charge in [-0.1, -0.05) is 47.6 Å². The predicted molar refractivity (Wildman–Crippen MR) is 127 cm³/mol. The third-order valence-corrected chi connectivity index (χ3v) is 6.06. The van der Waals surface area contributed by atoms with Crippen molar-refractivity contribution in [2.45, 2.75) is 45.0 Å². The van der Waals surface area contributed by atoms with Crippen LogP contribution in [0, 0.1) is 5.92 Å². The normalized spacial score (nSPS) is 20.5. The van der Waals surface area contributed by atoms with Gasteiger partial charge in [0.05, 0.1) is 12.0 Å². The lowest BCUT2D eigenvalue weighted by Crippen LogP contribution is -2.22. The van der Waals surface area contributed by atoms with E-state index < -0.39 is 18.4 Å². The number of aliphatic hydroxyl groups is 1.